The number of nitrogens with zero attached hydrogens (tertiary/aromatic N) is 4. The van der Waals surface area contributed by atoms with E-state index >= 15 is 0 Å². The molecule has 4 atom stereocenters. The number of rotatable bonds is 17. The second-order valence-corrected chi connectivity index (χ2v) is 7.58. The van der Waals surface area contributed by atoms with E-state index in [4.69, 9.17) is 14.6 Å². The second kappa shape index (κ2) is 15.0. The van der Waals surface area contributed by atoms with Gasteiger partial charge >= 0.3 is 0 Å². The van der Waals surface area contributed by atoms with Crippen molar-refractivity contribution >= 4 is 0 Å². The molecule has 4 unspecified atom stereocenters. The maximum atomic E-state index is 9.94. The van der Waals surface area contributed by atoms with Gasteiger partial charge in [-0.1, -0.05) is 24.1 Å². The Balaban J connectivity index is 1.51. The van der Waals surface area contributed by atoms with Crippen molar-refractivity contribution in [2.45, 2.75) is 76.5 Å². The largest absolute Gasteiger partial charge is 0.396 e. The van der Waals surface area contributed by atoms with Gasteiger partial charge in [0.15, 0.2) is 0 Å². The van der Waals surface area contributed by atoms with Gasteiger partial charge in [-0.25, -0.2) is 4.68 Å². The lowest BCUT2D eigenvalue weighted by atomic mass is 9.97. The predicted molar refractivity (Wildman–Crippen MR) is 113 cm³/mol. The second-order valence-electron chi connectivity index (χ2n) is 7.58. The number of aliphatic hydroxyl groups excluding tert-OH is 5. The van der Waals surface area contributed by atoms with Crippen molar-refractivity contribution in [3.8, 4) is 0 Å². The number of unbranched alkanes of at least 4 members (excludes halogenated alkanes) is 2. The Morgan fingerprint density at radius 1 is 0.875 bits per heavy atom. The van der Waals surface area contributed by atoms with Crippen LogP contribution in [-0.4, -0.2) is 83.1 Å². The van der Waals surface area contributed by atoms with E-state index in [0.717, 1.165) is 18.5 Å². The lowest BCUT2D eigenvalue weighted by Crippen LogP contribution is -2.44. The van der Waals surface area contributed by atoms with Gasteiger partial charge in [0, 0.05) is 19.4 Å². The summed E-state index contributed by atoms with van der Waals surface area (Å²) in [5.74, 6) is 0. The summed E-state index contributed by atoms with van der Waals surface area (Å²) in [5, 5.41) is 55.9. The molecule has 180 valence electrons. The Morgan fingerprint density at radius 3 is 2.34 bits per heavy atom. The van der Waals surface area contributed by atoms with Gasteiger partial charge in [0.2, 0.25) is 0 Å². The first-order valence-corrected chi connectivity index (χ1v) is 10.8. The van der Waals surface area contributed by atoms with Crippen LogP contribution in [0.3, 0.4) is 0 Å². The average Bonchev–Trinajstić information content (AvgIpc) is 3.25. The van der Waals surface area contributed by atoms with Crippen LogP contribution < -0.4 is 0 Å². The standard InChI is InChI=1S/C21H34N4O7/c26-10-8-19(28)21(30)20(29)18(27)7-2-1-5-11-31-15-25-12-17(23-24-25)14-32-13-16-6-3-4-9-22-16/h3-4,6,9,12,18-21,26-30H,1-2,5,7-8,10-11,13-15H2. The van der Waals surface area contributed by atoms with Crippen molar-refractivity contribution in [1.82, 2.24) is 20.0 Å². The van der Waals surface area contributed by atoms with Gasteiger partial charge in [-0.2, -0.15) is 0 Å². The normalized spacial score (nSPS) is 15.4. The van der Waals surface area contributed by atoms with Crippen molar-refractivity contribution < 1.29 is 35.0 Å². The van der Waals surface area contributed by atoms with E-state index in [-0.39, 0.29) is 26.2 Å². The molecule has 2 aromatic rings. The zero-order valence-electron chi connectivity index (χ0n) is 18.1. The third-order valence-electron chi connectivity index (χ3n) is 4.89. The maximum Gasteiger partial charge on any atom is 0.141 e. The molecule has 0 aliphatic carbocycles. The minimum atomic E-state index is -1.49. The molecule has 2 rings (SSSR count). The van der Waals surface area contributed by atoms with Gasteiger partial charge in [0.1, 0.15) is 24.6 Å². The van der Waals surface area contributed by atoms with Crippen LogP contribution in [0.5, 0.6) is 0 Å². The van der Waals surface area contributed by atoms with Crippen molar-refractivity contribution in [3.05, 3.63) is 42.0 Å². The fourth-order valence-electron chi connectivity index (χ4n) is 3.03. The molecule has 11 nitrogen and oxygen atoms in total. The van der Waals surface area contributed by atoms with E-state index < -0.39 is 24.4 Å². The summed E-state index contributed by atoms with van der Waals surface area (Å²) in [6, 6.07) is 5.64. The van der Waals surface area contributed by atoms with Crippen LogP contribution in [0.1, 0.15) is 43.5 Å². The molecular weight excluding hydrogens is 420 g/mol. The van der Waals surface area contributed by atoms with Crippen molar-refractivity contribution in [2.24, 2.45) is 0 Å². The fraction of sp³-hybridized carbons (Fsp3) is 0.667. The third-order valence-corrected chi connectivity index (χ3v) is 4.89. The number of hydrogen-bond donors (Lipinski definition) is 5. The Kier molecular flexibility index (Phi) is 12.3. The van der Waals surface area contributed by atoms with E-state index in [1.807, 2.05) is 18.2 Å². The number of hydrogen-bond acceptors (Lipinski definition) is 10. The SMILES string of the molecule is OCCC(O)C(O)C(O)C(O)CCCCCOCn1cc(COCc2ccccn2)nn1. The van der Waals surface area contributed by atoms with E-state index in [9.17, 15) is 20.4 Å². The highest BCUT2D eigenvalue weighted by Gasteiger charge is 2.29. The number of aromatic nitrogens is 4. The van der Waals surface area contributed by atoms with Gasteiger partial charge in [0.25, 0.3) is 0 Å². The van der Waals surface area contributed by atoms with Gasteiger partial charge in [-0.15, -0.1) is 5.10 Å². The maximum absolute atomic E-state index is 9.94. The molecule has 0 aliphatic heterocycles. The Hall–Kier alpha value is -1.99. The Labute approximate surface area is 187 Å². The molecule has 2 heterocycles. The van der Waals surface area contributed by atoms with E-state index in [1.54, 1.807) is 17.1 Å². The van der Waals surface area contributed by atoms with Crippen LogP contribution in [0.2, 0.25) is 0 Å². The van der Waals surface area contributed by atoms with Crippen LogP contribution >= 0.6 is 0 Å². The summed E-state index contributed by atoms with van der Waals surface area (Å²) in [6.45, 7) is 1.19. The first-order valence-electron chi connectivity index (χ1n) is 10.8. The van der Waals surface area contributed by atoms with Crippen LogP contribution in [0, 0.1) is 0 Å². The summed E-state index contributed by atoms with van der Waals surface area (Å²) >= 11 is 0. The molecule has 0 saturated carbocycles. The highest BCUT2D eigenvalue weighted by Crippen LogP contribution is 2.13. The molecule has 0 aromatic carbocycles. The molecular formula is C21H34N4O7. The molecule has 0 amide bonds. The van der Waals surface area contributed by atoms with Crippen molar-refractivity contribution in [1.29, 1.82) is 0 Å². The summed E-state index contributed by atoms with van der Waals surface area (Å²) in [4.78, 5) is 4.18. The summed E-state index contributed by atoms with van der Waals surface area (Å²) < 4.78 is 12.7. The molecule has 32 heavy (non-hydrogen) atoms. The molecule has 0 spiro atoms. The molecule has 0 radical (unpaired) electrons. The Morgan fingerprint density at radius 2 is 1.62 bits per heavy atom. The van der Waals surface area contributed by atoms with Crippen LogP contribution in [0.25, 0.3) is 0 Å². The highest BCUT2D eigenvalue weighted by atomic mass is 16.5. The molecule has 2 aromatic heterocycles. The fourth-order valence-corrected chi connectivity index (χ4v) is 3.03. The molecule has 0 saturated heterocycles. The first kappa shape index (κ1) is 26.3. The lowest BCUT2D eigenvalue weighted by molar-refractivity contribution is -0.110. The molecule has 5 N–H and O–H groups in total. The van der Waals surface area contributed by atoms with Gasteiger partial charge < -0.3 is 35.0 Å². The minimum absolute atomic E-state index is 0.0618. The number of ether oxygens (including phenoxy) is 2. The highest BCUT2D eigenvalue weighted by molar-refractivity contribution is 5.02. The van der Waals surface area contributed by atoms with Crippen LogP contribution in [0.4, 0.5) is 0 Å². The zero-order chi connectivity index (χ0) is 23.2. The number of aliphatic hydroxyl groups is 5. The first-order chi connectivity index (χ1) is 15.5. The Bertz CT molecular complexity index is 734. The van der Waals surface area contributed by atoms with E-state index in [0.29, 0.717) is 31.9 Å². The van der Waals surface area contributed by atoms with E-state index in [1.165, 1.54) is 0 Å². The topological polar surface area (TPSA) is 163 Å². The number of pyridine rings is 1. The molecule has 0 bridgehead atoms. The van der Waals surface area contributed by atoms with Gasteiger partial charge in [0.05, 0.1) is 37.3 Å². The third kappa shape index (κ3) is 9.65. The smallest absolute Gasteiger partial charge is 0.141 e. The predicted octanol–water partition coefficient (Wildman–Crippen LogP) is -0.250. The quantitative estimate of drug-likeness (QED) is 0.201. The van der Waals surface area contributed by atoms with Gasteiger partial charge in [-0.05, 0) is 31.4 Å². The van der Waals surface area contributed by atoms with Gasteiger partial charge in [-0.3, -0.25) is 4.98 Å². The molecule has 11 heteroatoms. The van der Waals surface area contributed by atoms with Crippen molar-refractivity contribution in [2.75, 3.05) is 13.2 Å². The van der Waals surface area contributed by atoms with Crippen LogP contribution in [0.15, 0.2) is 30.6 Å². The molecule has 0 fully saturated rings. The van der Waals surface area contributed by atoms with E-state index in [2.05, 4.69) is 15.3 Å². The lowest BCUT2D eigenvalue weighted by Gasteiger charge is -2.26. The summed E-state index contributed by atoms with van der Waals surface area (Å²) in [7, 11) is 0. The molecule has 0 aliphatic rings. The average molecular weight is 455 g/mol. The monoisotopic (exact) mass is 454 g/mol. The zero-order valence-corrected chi connectivity index (χ0v) is 18.1. The summed E-state index contributed by atoms with van der Waals surface area (Å²) in [5.41, 5.74) is 1.55. The summed E-state index contributed by atoms with van der Waals surface area (Å²) in [6.07, 6.45) is 0.484. The van der Waals surface area contributed by atoms with Crippen LogP contribution in [-0.2, 0) is 29.4 Å². The minimum Gasteiger partial charge on any atom is -0.396 e. The van der Waals surface area contributed by atoms with Crippen molar-refractivity contribution in [3.63, 3.8) is 0 Å².